The summed E-state index contributed by atoms with van der Waals surface area (Å²) in [6, 6.07) is 4.82. The fourth-order valence-corrected chi connectivity index (χ4v) is 1.13. The topological polar surface area (TPSA) is 26.3 Å². The van der Waals surface area contributed by atoms with E-state index in [9.17, 15) is 4.79 Å². The lowest BCUT2D eigenvalue weighted by atomic mass is 10.2. The van der Waals surface area contributed by atoms with E-state index in [0.29, 0.717) is 22.6 Å². The SMILES string of the molecule is C#CC(C)Oc1ccc(C=O)c(Cl)c1. The van der Waals surface area contributed by atoms with Gasteiger partial charge in [0.05, 0.1) is 5.02 Å². The number of aldehydes is 1. The van der Waals surface area contributed by atoms with Crippen molar-refractivity contribution < 1.29 is 9.53 Å². The third-order valence-corrected chi connectivity index (χ3v) is 1.97. The monoisotopic (exact) mass is 208 g/mol. The van der Waals surface area contributed by atoms with E-state index in [-0.39, 0.29) is 6.10 Å². The standard InChI is InChI=1S/C11H9ClO2/c1-3-8(2)14-10-5-4-9(7-13)11(12)6-10/h1,4-8H,2H3. The Morgan fingerprint density at radius 2 is 2.36 bits per heavy atom. The zero-order valence-corrected chi connectivity index (χ0v) is 8.41. The molecule has 0 saturated heterocycles. The van der Waals surface area contributed by atoms with Crippen molar-refractivity contribution in [2.45, 2.75) is 13.0 Å². The first kappa shape index (κ1) is 10.6. The van der Waals surface area contributed by atoms with Crippen LogP contribution in [0.25, 0.3) is 0 Å². The number of hydrogen-bond acceptors (Lipinski definition) is 2. The highest BCUT2D eigenvalue weighted by atomic mass is 35.5. The Morgan fingerprint density at radius 1 is 1.64 bits per heavy atom. The van der Waals surface area contributed by atoms with E-state index in [1.807, 2.05) is 0 Å². The minimum Gasteiger partial charge on any atom is -0.478 e. The van der Waals surface area contributed by atoms with E-state index in [2.05, 4.69) is 5.92 Å². The van der Waals surface area contributed by atoms with Crippen LogP contribution in [0.1, 0.15) is 17.3 Å². The summed E-state index contributed by atoms with van der Waals surface area (Å²) in [5, 5.41) is 0.363. The van der Waals surface area contributed by atoms with Gasteiger partial charge in [0.2, 0.25) is 0 Å². The number of terminal acetylenes is 1. The molecule has 1 aromatic carbocycles. The molecule has 1 rings (SSSR count). The quantitative estimate of drug-likeness (QED) is 0.564. The normalized spacial score (nSPS) is 11.5. The maximum absolute atomic E-state index is 10.5. The Hall–Kier alpha value is -1.46. The van der Waals surface area contributed by atoms with Crippen LogP contribution in [0.2, 0.25) is 5.02 Å². The van der Waals surface area contributed by atoms with Crippen molar-refractivity contribution in [3.05, 3.63) is 28.8 Å². The highest BCUT2D eigenvalue weighted by Gasteiger charge is 2.03. The van der Waals surface area contributed by atoms with Crippen molar-refractivity contribution in [1.82, 2.24) is 0 Å². The molecule has 0 aliphatic heterocycles. The molecule has 0 saturated carbocycles. The summed E-state index contributed by atoms with van der Waals surface area (Å²) in [6.45, 7) is 1.75. The van der Waals surface area contributed by atoms with E-state index >= 15 is 0 Å². The lowest BCUT2D eigenvalue weighted by Gasteiger charge is -2.09. The molecule has 0 amide bonds. The van der Waals surface area contributed by atoms with Crippen LogP contribution in [0.4, 0.5) is 0 Å². The smallest absolute Gasteiger partial charge is 0.156 e. The van der Waals surface area contributed by atoms with Crippen LogP contribution in [-0.4, -0.2) is 12.4 Å². The van der Waals surface area contributed by atoms with E-state index < -0.39 is 0 Å². The number of ether oxygens (including phenoxy) is 1. The summed E-state index contributed by atoms with van der Waals surface area (Å²) in [7, 11) is 0. The van der Waals surface area contributed by atoms with Gasteiger partial charge in [0.15, 0.2) is 12.4 Å². The summed E-state index contributed by atoms with van der Waals surface area (Å²) in [5.74, 6) is 2.99. The summed E-state index contributed by atoms with van der Waals surface area (Å²) < 4.78 is 5.31. The molecule has 0 aromatic heterocycles. The molecule has 14 heavy (non-hydrogen) atoms. The molecular formula is C11H9ClO2. The van der Waals surface area contributed by atoms with Crippen LogP contribution in [0.15, 0.2) is 18.2 Å². The van der Waals surface area contributed by atoms with Gasteiger partial charge in [0.1, 0.15) is 5.75 Å². The average molecular weight is 209 g/mol. The molecular weight excluding hydrogens is 200 g/mol. The van der Waals surface area contributed by atoms with Crippen molar-refractivity contribution in [3.8, 4) is 18.1 Å². The maximum Gasteiger partial charge on any atom is 0.156 e. The number of carbonyl (C=O) groups is 1. The molecule has 0 spiro atoms. The van der Waals surface area contributed by atoms with Gasteiger partial charge in [-0.15, -0.1) is 6.42 Å². The van der Waals surface area contributed by atoms with Crippen LogP contribution in [0.5, 0.6) is 5.75 Å². The molecule has 1 atom stereocenters. The van der Waals surface area contributed by atoms with E-state index in [1.165, 1.54) is 0 Å². The van der Waals surface area contributed by atoms with Crippen molar-refractivity contribution in [1.29, 1.82) is 0 Å². The van der Waals surface area contributed by atoms with Crippen LogP contribution >= 0.6 is 11.6 Å². The Morgan fingerprint density at radius 3 is 2.86 bits per heavy atom. The van der Waals surface area contributed by atoms with Gasteiger partial charge in [-0.1, -0.05) is 17.5 Å². The number of hydrogen-bond donors (Lipinski definition) is 0. The second kappa shape index (κ2) is 4.69. The lowest BCUT2D eigenvalue weighted by Crippen LogP contribution is -2.08. The fraction of sp³-hybridized carbons (Fsp3) is 0.182. The van der Waals surface area contributed by atoms with Gasteiger partial charge >= 0.3 is 0 Å². The lowest BCUT2D eigenvalue weighted by molar-refractivity contribution is 0.112. The third kappa shape index (κ3) is 2.51. The molecule has 0 heterocycles. The summed E-state index contributed by atoms with van der Waals surface area (Å²) in [4.78, 5) is 10.5. The predicted molar refractivity (Wildman–Crippen MR) is 55.8 cm³/mol. The number of carbonyl (C=O) groups excluding carboxylic acids is 1. The molecule has 3 heteroatoms. The molecule has 1 unspecified atom stereocenters. The second-order valence-electron chi connectivity index (χ2n) is 2.73. The Balaban J connectivity index is 2.87. The van der Waals surface area contributed by atoms with Gasteiger partial charge in [0.25, 0.3) is 0 Å². The van der Waals surface area contributed by atoms with Gasteiger partial charge in [-0.3, -0.25) is 4.79 Å². The van der Waals surface area contributed by atoms with Crippen LogP contribution in [-0.2, 0) is 0 Å². The molecule has 0 radical (unpaired) electrons. The molecule has 0 aliphatic rings. The molecule has 0 fully saturated rings. The molecule has 0 bridgehead atoms. The maximum atomic E-state index is 10.5. The molecule has 2 nitrogen and oxygen atoms in total. The zero-order valence-electron chi connectivity index (χ0n) is 7.66. The summed E-state index contributed by atoms with van der Waals surface area (Å²) >= 11 is 5.79. The average Bonchev–Trinajstić information content (AvgIpc) is 2.18. The van der Waals surface area contributed by atoms with E-state index in [0.717, 1.165) is 0 Å². The number of halogens is 1. The van der Waals surface area contributed by atoms with Crippen molar-refractivity contribution in [2.75, 3.05) is 0 Å². The van der Waals surface area contributed by atoms with Crippen LogP contribution < -0.4 is 4.74 Å². The van der Waals surface area contributed by atoms with Crippen molar-refractivity contribution in [2.24, 2.45) is 0 Å². The third-order valence-electron chi connectivity index (χ3n) is 1.65. The van der Waals surface area contributed by atoms with Gasteiger partial charge in [-0.2, -0.15) is 0 Å². The summed E-state index contributed by atoms with van der Waals surface area (Å²) in [5.41, 5.74) is 0.437. The minimum atomic E-state index is -0.312. The van der Waals surface area contributed by atoms with Gasteiger partial charge < -0.3 is 4.74 Å². The van der Waals surface area contributed by atoms with Gasteiger partial charge in [-0.25, -0.2) is 0 Å². The first-order valence-corrected chi connectivity index (χ1v) is 4.42. The second-order valence-corrected chi connectivity index (χ2v) is 3.14. The number of benzene rings is 1. The molecule has 0 aliphatic carbocycles. The van der Waals surface area contributed by atoms with Crippen LogP contribution in [0, 0.1) is 12.3 Å². The first-order chi connectivity index (χ1) is 6.67. The Labute approximate surface area is 87.8 Å². The predicted octanol–water partition coefficient (Wildman–Crippen LogP) is 2.55. The highest BCUT2D eigenvalue weighted by molar-refractivity contribution is 6.33. The number of rotatable bonds is 3. The van der Waals surface area contributed by atoms with Gasteiger partial charge in [0, 0.05) is 5.56 Å². The molecule has 0 N–H and O–H groups in total. The fourth-order valence-electron chi connectivity index (χ4n) is 0.915. The largest absolute Gasteiger partial charge is 0.478 e. The van der Waals surface area contributed by atoms with Gasteiger partial charge in [-0.05, 0) is 25.1 Å². The van der Waals surface area contributed by atoms with E-state index in [4.69, 9.17) is 22.8 Å². The van der Waals surface area contributed by atoms with Crippen LogP contribution in [0.3, 0.4) is 0 Å². The zero-order chi connectivity index (χ0) is 10.6. The molecule has 1 aromatic rings. The van der Waals surface area contributed by atoms with Crippen molar-refractivity contribution >= 4 is 17.9 Å². The van der Waals surface area contributed by atoms with Crippen molar-refractivity contribution in [3.63, 3.8) is 0 Å². The van der Waals surface area contributed by atoms with E-state index in [1.54, 1.807) is 25.1 Å². The minimum absolute atomic E-state index is 0.312. The summed E-state index contributed by atoms with van der Waals surface area (Å²) in [6.07, 6.45) is 5.53. The highest BCUT2D eigenvalue weighted by Crippen LogP contribution is 2.21. The first-order valence-electron chi connectivity index (χ1n) is 4.05. The Kier molecular flexibility index (Phi) is 3.55. The Bertz CT molecular complexity index is 379. The molecule has 72 valence electrons.